The van der Waals surface area contributed by atoms with Crippen LogP contribution in [0.15, 0.2) is 16.9 Å². The maximum atomic E-state index is 12.9. The van der Waals surface area contributed by atoms with Gasteiger partial charge in [-0.15, -0.1) is 3.89 Å². The number of carbonyl (C=O) groups is 1. The van der Waals surface area contributed by atoms with Gasteiger partial charge in [0.25, 0.3) is 0 Å². The molecule has 2 heterocycles. The van der Waals surface area contributed by atoms with Crippen LogP contribution in [0.25, 0.3) is 0 Å². The van der Waals surface area contributed by atoms with Crippen LogP contribution in [0, 0.1) is 6.92 Å². The van der Waals surface area contributed by atoms with Crippen LogP contribution in [-0.4, -0.2) is 31.1 Å². The van der Waals surface area contributed by atoms with E-state index in [-0.39, 0.29) is 13.0 Å². The predicted molar refractivity (Wildman–Crippen MR) is 67.5 cm³/mol. The highest BCUT2D eigenvalue weighted by Gasteiger charge is 2.39. The summed E-state index contributed by atoms with van der Waals surface area (Å²) in [7, 11) is -4.69. The lowest BCUT2D eigenvalue weighted by atomic mass is 10.3. The zero-order valence-corrected chi connectivity index (χ0v) is 11.8. The number of aryl methyl sites for hydroxylation is 1. The van der Waals surface area contributed by atoms with E-state index in [4.69, 9.17) is 0 Å². The van der Waals surface area contributed by atoms with Gasteiger partial charge in [0, 0.05) is 13.0 Å². The predicted octanol–water partition coefficient (Wildman–Crippen LogP) is 1.56. The number of halogens is 2. The number of hydrogen-bond donors (Lipinski definition) is 0. The molecule has 98 valence electrons. The topological polar surface area (TPSA) is 67.3 Å². The van der Waals surface area contributed by atoms with E-state index in [0.717, 1.165) is 5.56 Å². The van der Waals surface area contributed by atoms with Crippen molar-refractivity contribution in [3.05, 3.63) is 22.4 Å². The van der Waals surface area contributed by atoms with Gasteiger partial charge in [-0.1, -0.05) is 0 Å². The molecule has 5 nitrogen and oxygen atoms in total. The van der Waals surface area contributed by atoms with Crippen molar-refractivity contribution in [1.29, 1.82) is 0 Å². The average Bonchev–Trinajstić information content (AvgIpc) is 2.64. The SMILES string of the molecule is Cc1cc(N2CC(S(=O)(=O)F)CC2=O)cnc1Br. The van der Waals surface area contributed by atoms with Crippen LogP contribution in [-0.2, 0) is 15.0 Å². The van der Waals surface area contributed by atoms with Gasteiger partial charge in [0.1, 0.15) is 9.85 Å². The molecule has 8 heteroatoms. The summed E-state index contributed by atoms with van der Waals surface area (Å²) in [4.78, 5) is 17.0. The fourth-order valence-electron chi connectivity index (χ4n) is 1.80. The molecule has 0 bridgehead atoms. The van der Waals surface area contributed by atoms with Gasteiger partial charge >= 0.3 is 10.2 Å². The number of carbonyl (C=O) groups excluding carboxylic acids is 1. The van der Waals surface area contributed by atoms with Crippen molar-refractivity contribution < 1.29 is 17.1 Å². The lowest BCUT2D eigenvalue weighted by molar-refractivity contribution is -0.117. The standard InChI is InChI=1S/C10H10BrFN2O3S/c1-6-2-7(4-13-10(6)11)14-5-8(3-9(14)15)18(12,16)17/h2,4,8H,3,5H2,1H3. The molecule has 1 aromatic heterocycles. The summed E-state index contributed by atoms with van der Waals surface area (Å²) < 4.78 is 35.1. The lowest BCUT2D eigenvalue weighted by Gasteiger charge is -2.16. The number of pyridine rings is 1. The van der Waals surface area contributed by atoms with Gasteiger partial charge in [-0.2, -0.15) is 8.42 Å². The Morgan fingerprint density at radius 3 is 2.72 bits per heavy atom. The average molecular weight is 337 g/mol. The van der Waals surface area contributed by atoms with Crippen molar-refractivity contribution in [2.75, 3.05) is 11.4 Å². The van der Waals surface area contributed by atoms with Crippen LogP contribution in [0.4, 0.5) is 9.57 Å². The van der Waals surface area contributed by atoms with Crippen molar-refractivity contribution in [2.45, 2.75) is 18.6 Å². The summed E-state index contributed by atoms with van der Waals surface area (Å²) in [5.41, 5.74) is 1.29. The van der Waals surface area contributed by atoms with Crippen LogP contribution in [0.5, 0.6) is 0 Å². The normalized spacial score (nSPS) is 20.5. The molecular weight excluding hydrogens is 327 g/mol. The second-order valence-corrected chi connectivity index (χ2v) is 6.48. The van der Waals surface area contributed by atoms with E-state index in [9.17, 15) is 17.1 Å². The van der Waals surface area contributed by atoms with E-state index in [0.29, 0.717) is 10.3 Å². The third-order valence-corrected chi connectivity index (χ3v) is 4.74. The molecule has 1 aliphatic rings. The Morgan fingerprint density at radius 1 is 1.56 bits per heavy atom. The van der Waals surface area contributed by atoms with Gasteiger partial charge < -0.3 is 4.90 Å². The summed E-state index contributed by atoms with van der Waals surface area (Å²) >= 11 is 3.23. The Balaban J connectivity index is 2.30. The number of amides is 1. The molecule has 1 unspecified atom stereocenters. The Labute approximate surface area is 112 Å². The van der Waals surface area contributed by atoms with Gasteiger partial charge in [0.05, 0.1) is 11.9 Å². The molecule has 0 N–H and O–H groups in total. The lowest BCUT2D eigenvalue weighted by Crippen LogP contribution is -2.27. The summed E-state index contributed by atoms with van der Waals surface area (Å²) in [6, 6.07) is 1.70. The van der Waals surface area contributed by atoms with Crippen molar-refractivity contribution in [1.82, 2.24) is 4.98 Å². The third kappa shape index (κ3) is 2.54. The summed E-state index contributed by atoms with van der Waals surface area (Å²) in [5.74, 6) is -0.412. The molecule has 0 radical (unpaired) electrons. The van der Waals surface area contributed by atoms with Gasteiger partial charge in [-0.3, -0.25) is 4.79 Å². The van der Waals surface area contributed by atoms with Crippen LogP contribution in [0.3, 0.4) is 0 Å². The van der Waals surface area contributed by atoms with E-state index in [1.54, 1.807) is 13.0 Å². The first kappa shape index (κ1) is 13.4. The number of rotatable bonds is 2. The van der Waals surface area contributed by atoms with Gasteiger partial charge in [-0.25, -0.2) is 4.98 Å². The molecule has 0 saturated carbocycles. The van der Waals surface area contributed by atoms with E-state index in [1.165, 1.54) is 11.1 Å². The highest BCUT2D eigenvalue weighted by atomic mass is 79.9. The smallest absolute Gasteiger partial charge is 0.307 e. The summed E-state index contributed by atoms with van der Waals surface area (Å²) in [6.45, 7) is 1.63. The third-order valence-electron chi connectivity index (χ3n) is 2.80. The van der Waals surface area contributed by atoms with Crippen molar-refractivity contribution in [3.63, 3.8) is 0 Å². The molecular formula is C10H10BrFN2O3S. The molecule has 0 aliphatic carbocycles. The zero-order chi connectivity index (χ0) is 13.5. The molecule has 1 aromatic rings. The largest absolute Gasteiger partial charge is 0.309 e. The van der Waals surface area contributed by atoms with Crippen LogP contribution >= 0.6 is 15.9 Å². The second-order valence-electron chi connectivity index (χ2n) is 4.11. The monoisotopic (exact) mass is 336 g/mol. The minimum atomic E-state index is -4.69. The quantitative estimate of drug-likeness (QED) is 0.607. The van der Waals surface area contributed by atoms with Gasteiger partial charge in [0.2, 0.25) is 5.91 Å². The molecule has 1 aliphatic heterocycles. The van der Waals surface area contributed by atoms with Crippen LogP contribution in [0.2, 0.25) is 0 Å². The number of anilines is 1. The molecule has 18 heavy (non-hydrogen) atoms. The highest BCUT2D eigenvalue weighted by Crippen LogP contribution is 2.27. The van der Waals surface area contributed by atoms with Gasteiger partial charge in [-0.05, 0) is 34.5 Å². The van der Waals surface area contributed by atoms with Crippen molar-refractivity contribution in [2.24, 2.45) is 0 Å². The fourth-order valence-corrected chi connectivity index (χ4v) is 2.69. The van der Waals surface area contributed by atoms with Crippen LogP contribution < -0.4 is 4.90 Å². The van der Waals surface area contributed by atoms with Crippen LogP contribution in [0.1, 0.15) is 12.0 Å². The summed E-state index contributed by atoms with van der Waals surface area (Å²) in [6.07, 6.45) is 1.12. The Bertz CT molecular complexity index is 605. The minimum absolute atomic E-state index is 0.166. The Kier molecular flexibility index (Phi) is 3.41. The maximum absolute atomic E-state index is 12.9. The molecule has 1 fully saturated rings. The minimum Gasteiger partial charge on any atom is -0.309 e. The van der Waals surface area contributed by atoms with Crippen molar-refractivity contribution >= 4 is 37.7 Å². The van der Waals surface area contributed by atoms with E-state index >= 15 is 0 Å². The highest BCUT2D eigenvalue weighted by molar-refractivity contribution is 9.10. The molecule has 0 spiro atoms. The Hall–Kier alpha value is -1.02. The van der Waals surface area contributed by atoms with E-state index < -0.39 is 21.4 Å². The fraction of sp³-hybridized carbons (Fsp3) is 0.400. The second kappa shape index (κ2) is 4.58. The molecule has 2 rings (SSSR count). The number of aromatic nitrogens is 1. The maximum Gasteiger partial charge on any atom is 0.307 e. The van der Waals surface area contributed by atoms with E-state index in [1.807, 2.05) is 0 Å². The molecule has 1 amide bonds. The first-order chi connectivity index (χ1) is 8.29. The first-order valence-electron chi connectivity index (χ1n) is 5.15. The molecule has 1 atom stereocenters. The zero-order valence-electron chi connectivity index (χ0n) is 9.43. The number of hydrogen-bond acceptors (Lipinski definition) is 4. The molecule has 0 aromatic carbocycles. The summed E-state index contributed by atoms with van der Waals surface area (Å²) in [5, 5.41) is -1.28. The van der Waals surface area contributed by atoms with Gasteiger partial charge in [0.15, 0.2) is 0 Å². The van der Waals surface area contributed by atoms with Crippen molar-refractivity contribution in [3.8, 4) is 0 Å². The molecule has 1 saturated heterocycles. The van der Waals surface area contributed by atoms with E-state index in [2.05, 4.69) is 20.9 Å². The Morgan fingerprint density at radius 2 is 2.22 bits per heavy atom. The number of nitrogens with zero attached hydrogens (tertiary/aromatic N) is 2. The first-order valence-corrected chi connectivity index (χ1v) is 7.39.